The van der Waals surface area contributed by atoms with Gasteiger partial charge in [-0.05, 0) is 49.4 Å². The highest BCUT2D eigenvalue weighted by molar-refractivity contribution is 4.98. The van der Waals surface area contributed by atoms with Crippen LogP contribution in [0, 0.1) is 23.7 Å². The molecule has 13 heavy (non-hydrogen) atoms. The topological polar surface area (TPSA) is 26.0 Å². The van der Waals surface area contributed by atoms with Crippen LogP contribution < -0.4 is 5.73 Å². The second-order valence-corrected chi connectivity index (χ2v) is 5.40. The lowest BCUT2D eigenvalue weighted by molar-refractivity contribution is 0.332. The van der Waals surface area contributed by atoms with Crippen molar-refractivity contribution in [3.8, 4) is 0 Å². The van der Waals surface area contributed by atoms with E-state index in [0.717, 1.165) is 23.7 Å². The van der Waals surface area contributed by atoms with Gasteiger partial charge in [-0.3, -0.25) is 0 Å². The Morgan fingerprint density at radius 3 is 2.38 bits per heavy atom. The first-order chi connectivity index (χ1) is 6.20. The van der Waals surface area contributed by atoms with Gasteiger partial charge in [-0.1, -0.05) is 20.3 Å². The van der Waals surface area contributed by atoms with E-state index in [2.05, 4.69) is 13.8 Å². The molecule has 1 nitrogen and oxygen atoms in total. The zero-order valence-corrected chi connectivity index (χ0v) is 9.00. The van der Waals surface area contributed by atoms with E-state index in [9.17, 15) is 0 Å². The summed E-state index contributed by atoms with van der Waals surface area (Å²) < 4.78 is 0. The third-order valence-electron chi connectivity index (χ3n) is 4.26. The molecule has 0 bridgehead atoms. The summed E-state index contributed by atoms with van der Waals surface area (Å²) in [5.41, 5.74) is 6.24. The van der Waals surface area contributed by atoms with Crippen LogP contribution >= 0.6 is 0 Å². The van der Waals surface area contributed by atoms with Crippen molar-refractivity contribution in [2.45, 2.75) is 52.0 Å². The quantitative estimate of drug-likeness (QED) is 0.709. The van der Waals surface area contributed by atoms with Gasteiger partial charge in [-0.25, -0.2) is 0 Å². The van der Waals surface area contributed by atoms with Crippen molar-refractivity contribution in [3.05, 3.63) is 0 Å². The van der Waals surface area contributed by atoms with E-state index in [1.54, 1.807) is 0 Å². The summed E-state index contributed by atoms with van der Waals surface area (Å²) in [4.78, 5) is 0. The van der Waals surface area contributed by atoms with E-state index in [0.29, 0.717) is 6.04 Å². The predicted octanol–water partition coefficient (Wildman–Crippen LogP) is 2.80. The number of hydrogen-bond acceptors (Lipinski definition) is 1. The van der Waals surface area contributed by atoms with Gasteiger partial charge < -0.3 is 5.73 Å². The maximum absolute atomic E-state index is 6.24. The van der Waals surface area contributed by atoms with Crippen molar-refractivity contribution in [1.82, 2.24) is 0 Å². The van der Waals surface area contributed by atoms with Gasteiger partial charge in [0.2, 0.25) is 0 Å². The van der Waals surface area contributed by atoms with Crippen LogP contribution in [-0.4, -0.2) is 6.04 Å². The molecule has 0 saturated heterocycles. The molecule has 4 atom stereocenters. The highest BCUT2D eigenvalue weighted by Gasteiger charge is 2.47. The molecule has 4 unspecified atom stereocenters. The van der Waals surface area contributed by atoms with Crippen molar-refractivity contribution >= 4 is 0 Å². The Bertz CT molecular complexity index is 168. The molecule has 2 saturated carbocycles. The van der Waals surface area contributed by atoms with Gasteiger partial charge in [0.05, 0.1) is 0 Å². The molecule has 0 amide bonds. The molecule has 0 heterocycles. The van der Waals surface area contributed by atoms with Gasteiger partial charge in [0.1, 0.15) is 0 Å². The Hall–Kier alpha value is -0.0400. The van der Waals surface area contributed by atoms with Gasteiger partial charge in [0, 0.05) is 6.04 Å². The molecule has 2 aliphatic rings. The summed E-state index contributed by atoms with van der Waals surface area (Å²) in [6.07, 6.45) is 6.95. The maximum atomic E-state index is 6.24. The Kier molecular flexibility index (Phi) is 2.64. The summed E-state index contributed by atoms with van der Waals surface area (Å²) in [6, 6.07) is 0.503. The third-order valence-corrected chi connectivity index (χ3v) is 4.26. The lowest BCUT2D eigenvalue weighted by Gasteiger charge is -2.23. The van der Waals surface area contributed by atoms with Gasteiger partial charge in [-0.2, -0.15) is 0 Å². The van der Waals surface area contributed by atoms with Crippen LogP contribution in [0.4, 0.5) is 0 Å². The van der Waals surface area contributed by atoms with Gasteiger partial charge in [-0.15, -0.1) is 0 Å². The van der Waals surface area contributed by atoms with Gasteiger partial charge in [0.25, 0.3) is 0 Å². The van der Waals surface area contributed by atoms with Crippen LogP contribution in [0.3, 0.4) is 0 Å². The van der Waals surface area contributed by atoms with Gasteiger partial charge >= 0.3 is 0 Å². The first kappa shape index (κ1) is 9.51. The van der Waals surface area contributed by atoms with Crippen LogP contribution in [0.15, 0.2) is 0 Å². The smallest absolute Gasteiger partial charge is 0.00699 e. The summed E-state index contributed by atoms with van der Waals surface area (Å²) in [5.74, 6) is 3.88. The summed E-state index contributed by atoms with van der Waals surface area (Å²) in [5, 5.41) is 0. The molecule has 1 heteroatoms. The van der Waals surface area contributed by atoms with E-state index < -0.39 is 0 Å². The number of rotatable bonds is 4. The Balaban J connectivity index is 1.74. The second-order valence-electron chi connectivity index (χ2n) is 5.40. The Morgan fingerprint density at radius 2 is 1.85 bits per heavy atom. The summed E-state index contributed by atoms with van der Waals surface area (Å²) >= 11 is 0. The lowest BCUT2D eigenvalue weighted by Crippen LogP contribution is -2.31. The highest BCUT2D eigenvalue weighted by Crippen LogP contribution is 2.55. The first-order valence-electron chi connectivity index (χ1n) is 5.96. The molecule has 0 radical (unpaired) electrons. The number of fused-ring (bicyclic) bond motifs is 1. The predicted molar refractivity (Wildman–Crippen MR) is 56.4 cm³/mol. The van der Waals surface area contributed by atoms with Crippen LogP contribution in [0.5, 0.6) is 0 Å². The number of nitrogens with two attached hydrogens (primary N) is 1. The van der Waals surface area contributed by atoms with E-state index in [-0.39, 0.29) is 0 Å². The van der Waals surface area contributed by atoms with Crippen LogP contribution in [0.1, 0.15) is 46.0 Å². The molecule has 0 aromatic heterocycles. The van der Waals surface area contributed by atoms with Crippen molar-refractivity contribution in [1.29, 1.82) is 0 Å². The van der Waals surface area contributed by atoms with Crippen LogP contribution in [0.2, 0.25) is 0 Å². The van der Waals surface area contributed by atoms with Crippen molar-refractivity contribution < 1.29 is 0 Å². The fourth-order valence-electron chi connectivity index (χ4n) is 2.93. The minimum atomic E-state index is 0.503. The zero-order chi connectivity index (χ0) is 9.42. The average Bonchev–Trinajstić information content (AvgIpc) is 2.73. The molecule has 0 aliphatic heterocycles. The minimum absolute atomic E-state index is 0.503. The van der Waals surface area contributed by atoms with Crippen molar-refractivity contribution in [2.75, 3.05) is 0 Å². The van der Waals surface area contributed by atoms with E-state index >= 15 is 0 Å². The average molecular weight is 181 g/mol. The minimum Gasteiger partial charge on any atom is -0.327 e. The molecule has 2 fully saturated rings. The summed E-state index contributed by atoms with van der Waals surface area (Å²) in [7, 11) is 0. The molecular weight excluding hydrogens is 158 g/mol. The molecule has 2 rings (SSSR count). The van der Waals surface area contributed by atoms with E-state index in [4.69, 9.17) is 5.73 Å². The van der Waals surface area contributed by atoms with Crippen LogP contribution in [-0.2, 0) is 0 Å². The van der Waals surface area contributed by atoms with E-state index in [1.165, 1.54) is 32.1 Å². The Labute approximate surface area is 82.1 Å². The van der Waals surface area contributed by atoms with E-state index in [1.807, 2.05) is 0 Å². The maximum Gasteiger partial charge on any atom is 0.00699 e. The standard InChI is InChI=1S/C12H23N/c1-3-8(2)4-12(13)11-6-9-5-10(9)7-11/h8-12H,3-7,13H2,1-2H3. The molecule has 2 aliphatic carbocycles. The monoisotopic (exact) mass is 181 g/mol. The fourth-order valence-corrected chi connectivity index (χ4v) is 2.93. The normalized spacial score (nSPS) is 41.3. The highest BCUT2D eigenvalue weighted by atomic mass is 14.7. The summed E-state index contributed by atoms with van der Waals surface area (Å²) in [6.45, 7) is 4.60. The molecule has 76 valence electrons. The van der Waals surface area contributed by atoms with Gasteiger partial charge in [0.15, 0.2) is 0 Å². The zero-order valence-electron chi connectivity index (χ0n) is 9.00. The number of hydrogen-bond donors (Lipinski definition) is 1. The lowest BCUT2D eigenvalue weighted by atomic mass is 9.88. The second kappa shape index (κ2) is 3.61. The first-order valence-corrected chi connectivity index (χ1v) is 5.96. The molecule has 2 N–H and O–H groups in total. The molecule has 0 aromatic carbocycles. The molecule has 0 aromatic rings. The van der Waals surface area contributed by atoms with Crippen LogP contribution in [0.25, 0.3) is 0 Å². The molecular formula is C12H23N. The van der Waals surface area contributed by atoms with Crippen molar-refractivity contribution in [2.24, 2.45) is 29.4 Å². The fraction of sp³-hybridized carbons (Fsp3) is 1.00. The SMILES string of the molecule is CCC(C)CC(N)C1CC2CC2C1. The van der Waals surface area contributed by atoms with Crippen molar-refractivity contribution in [3.63, 3.8) is 0 Å². The largest absolute Gasteiger partial charge is 0.327 e. The Morgan fingerprint density at radius 1 is 1.23 bits per heavy atom. The third kappa shape index (κ3) is 2.07. The molecule has 0 spiro atoms.